The van der Waals surface area contributed by atoms with Crippen LogP contribution in [0.1, 0.15) is 18.9 Å². The highest BCUT2D eigenvalue weighted by atomic mass is 16.5. The lowest BCUT2D eigenvalue weighted by molar-refractivity contribution is 0.415. The topological polar surface area (TPSA) is 56.1 Å². The molecule has 0 aliphatic rings. The molecule has 0 spiro atoms. The normalized spacial score (nSPS) is 10.6. The van der Waals surface area contributed by atoms with Crippen LogP contribution in [-0.4, -0.2) is 23.4 Å². The summed E-state index contributed by atoms with van der Waals surface area (Å²) in [5.74, 6) is 0.772. The Kier molecular flexibility index (Phi) is 5.11. The van der Waals surface area contributed by atoms with Crippen LogP contribution in [0.5, 0.6) is 5.75 Å². The summed E-state index contributed by atoms with van der Waals surface area (Å²) in [7, 11) is 3.31. The summed E-state index contributed by atoms with van der Waals surface area (Å²) >= 11 is 0. The molecule has 0 saturated heterocycles. The van der Waals surface area contributed by atoms with Crippen molar-refractivity contribution in [1.82, 2.24) is 15.1 Å². The molecule has 0 fully saturated rings. The molecule has 5 heteroatoms. The van der Waals surface area contributed by atoms with Crippen molar-refractivity contribution in [3.63, 3.8) is 0 Å². The molecule has 2 rings (SSSR count). The summed E-state index contributed by atoms with van der Waals surface area (Å²) in [4.78, 5) is 12.1. The second kappa shape index (κ2) is 7.04. The van der Waals surface area contributed by atoms with Crippen LogP contribution >= 0.6 is 0 Å². The third-order valence-electron chi connectivity index (χ3n) is 3.25. The molecule has 0 aliphatic carbocycles. The molecule has 0 unspecified atom stereocenters. The fraction of sp³-hybridized carbons (Fsp3) is 0.375. The van der Waals surface area contributed by atoms with Crippen LogP contribution in [0.15, 0.2) is 35.1 Å². The smallest absolute Gasteiger partial charge is 0.271 e. The van der Waals surface area contributed by atoms with Crippen LogP contribution in [0.2, 0.25) is 0 Å². The molecular weight excluding hydrogens is 266 g/mol. The second-order valence-electron chi connectivity index (χ2n) is 4.89. The predicted molar refractivity (Wildman–Crippen MR) is 83.5 cm³/mol. The number of aryl methyl sites for hydroxylation is 1. The van der Waals surface area contributed by atoms with Gasteiger partial charge >= 0.3 is 0 Å². The largest absolute Gasteiger partial charge is 0.497 e. The lowest BCUT2D eigenvalue weighted by atomic mass is 10.1. The average molecular weight is 287 g/mol. The summed E-state index contributed by atoms with van der Waals surface area (Å²) < 4.78 is 6.62. The predicted octanol–water partition coefficient (Wildman–Crippen LogP) is 1.96. The van der Waals surface area contributed by atoms with Gasteiger partial charge in [-0.25, -0.2) is 4.68 Å². The van der Waals surface area contributed by atoms with E-state index in [9.17, 15) is 4.79 Å². The summed E-state index contributed by atoms with van der Waals surface area (Å²) in [5, 5.41) is 7.58. The van der Waals surface area contributed by atoms with Crippen LogP contribution in [0, 0.1) is 0 Å². The maximum atomic E-state index is 12.1. The van der Waals surface area contributed by atoms with Gasteiger partial charge in [0.15, 0.2) is 0 Å². The molecule has 1 aromatic heterocycles. The standard InChI is InChI=1S/C16H21N3O2/c1-4-8-17-11-13-10-15(18-19(2)16(13)20)12-6-5-7-14(9-12)21-3/h5-7,9-10,17H,4,8,11H2,1-3H3. The van der Waals surface area contributed by atoms with Gasteiger partial charge in [0.05, 0.1) is 12.8 Å². The van der Waals surface area contributed by atoms with Crippen LogP contribution in [0.3, 0.4) is 0 Å². The molecule has 0 saturated carbocycles. The number of hydrogen-bond acceptors (Lipinski definition) is 4. The molecule has 2 aromatic rings. The van der Waals surface area contributed by atoms with E-state index in [1.54, 1.807) is 14.2 Å². The monoisotopic (exact) mass is 287 g/mol. The number of benzene rings is 1. The van der Waals surface area contributed by atoms with E-state index < -0.39 is 0 Å². The van der Waals surface area contributed by atoms with Gasteiger partial charge in [-0.1, -0.05) is 19.1 Å². The summed E-state index contributed by atoms with van der Waals surface area (Å²) in [6.07, 6.45) is 1.04. The minimum absolute atomic E-state index is 0.0646. The Morgan fingerprint density at radius 2 is 2.14 bits per heavy atom. The third kappa shape index (κ3) is 3.70. The molecule has 0 radical (unpaired) electrons. The zero-order valence-electron chi connectivity index (χ0n) is 12.7. The van der Waals surface area contributed by atoms with Crippen molar-refractivity contribution in [3.8, 4) is 17.0 Å². The molecule has 5 nitrogen and oxygen atoms in total. The molecule has 0 aliphatic heterocycles. The minimum Gasteiger partial charge on any atom is -0.497 e. The van der Waals surface area contributed by atoms with Crippen molar-refractivity contribution >= 4 is 0 Å². The number of nitrogens with one attached hydrogen (secondary N) is 1. The zero-order valence-corrected chi connectivity index (χ0v) is 12.7. The van der Waals surface area contributed by atoms with Crippen LogP contribution in [0.4, 0.5) is 0 Å². The lowest BCUT2D eigenvalue weighted by Crippen LogP contribution is -2.27. The quantitative estimate of drug-likeness (QED) is 0.825. The molecule has 1 N–H and O–H groups in total. The van der Waals surface area contributed by atoms with Gasteiger partial charge in [-0.05, 0) is 31.2 Å². The molecular formula is C16H21N3O2. The van der Waals surface area contributed by atoms with Crippen LogP contribution in [0.25, 0.3) is 11.3 Å². The van der Waals surface area contributed by atoms with Gasteiger partial charge in [0.25, 0.3) is 5.56 Å². The highest BCUT2D eigenvalue weighted by molar-refractivity contribution is 5.61. The fourth-order valence-electron chi connectivity index (χ4n) is 2.12. The maximum Gasteiger partial charge on any atom is 0.271 e. The van der Waals surface area contributed by atoms with Gasteiger partial charge in [0, 0.05) is 24.7 Å². The highest BCUT2D eigenvalue weighted by Gasteiger charge is 2.08. The number of rotatable bonds is 6. The van der Waals surface area contributed by atoms with E-state index in [1.165, 1.54) is 4.68 Å². The Bertz CT molecular complexity index is 665. The van der Waals surface area contributed by atoms with E-state index in [4.69, 9.17) is 4.74 Å². The number of ether oxygens (including phenoxy) is 1. The van der Waals surface area contributed by atoms with Gasteiger partial charge in [-0.2, -0.15) is 5.10 Å². The second-order valence-corrected chi connectivity index (χ2v) is 4.89. The summed E-state index contributed by atoms with van der Waals surface area (Å²) in [6.45, 7) is 3.54. The van der Waals surface area contributed by atoms with Crippen molar-refractivity contribution in [2.45, 2.75) is 19.9 Å². The summed E-state index contributed by atoms with van der Waals surface area (Å²) in [5.41, 5.74) is 2.36. The van der Waals surface area contributed by atoms with Gasteiger partial charge in [0.2, 0.25) is 0 Å². The lowest BCUT2D eigenvalue weighted by Gasteiger charge is -2.09. The van der Waals surface area contributed by atoms with Crippen molar-refractivity contribution in [3.05, 3.63) is 46.2 Å². The highest BCUT2D eigenvalue weighted by Crippen LogP contribution is 2.21. The van der Waals surface area contributed by atoms with Gasteiger partial charge < -0.3 is 10.1 Å². The van der Waals surface area contributed by atoms with E-state index in [0.29, 0.717) is 6.54 Å². The van der Waals surface area contributed by atoms with Crippen molar-refractivity contribution in [2.24, 2.45) is 7.05 Å². The average Bonchev–Trinajstić information content (AvgIpc) is 2.51. The van der Waals surface area contributed by atoms with Crippen LogP contribution < -0.4 is 15.6 Å². The van der Waals surface area contributed by atoms with E-state index in [1.807, 2.05) is 30.3 Å². The van der Waals surface area contributed by atoms with Gasteiger partial charge in [0.1, 0.15) is 5.75 Å². The molecule has 1 aromatic carbocycles. The maximum absolute atomic E-state index is 12.1. The third-order valence-corrected chi connectivity index (χ3v) is 3.25. The Hall–Kier alpha value is -2.14. The van der Waals surface area contributed by atoms with E-state index in [-0.39, 0.29) is 5.56 Å². The van der Waals surface area contributed by atoms with Crippen LogP contribution in [-0.2, 0) is 13.6 Å². The van der Waals surface area contributed by atoms with Crippen molar-refractivity contribution in [1.29, 1.82) is 0 Å². The Morgan fingerprint density at radius 3 is 2.86 bits per heavy atom. The number of hydrogen-bond donors (Lipinski definition) is 1. The molecule has 0 amide bonds. The molecule has 21 heavy (non-hydrogen) atoms. The van der Waals surface area contributed by atoms with Crippen molar-refractivity contribution in [2.75, 3.05) is 13.7 Å². The Labute approximate surface area is 124 Å². The fourth-order valence-corrected chi connectivity index (χ4v) is 2.12. The SMILES string of the molecule is CCCNCc1cc(-c2cccc(OC)c2)nn(C)c1=O. The first-order valence-electron chi connectivity index (χ1n) is 7.08. The molecule has 112 valence electrons. The van der Waals surface area contributed by atoms with Crippen molar-refractivity contribution < 1.29 is 4.74 Å². The van der Waals surface area contributed by atoms with Gasteiger partial charge in [-0.15, -0.1) is 0 Å². The molecule has 0 bridgehead atoms. The zero-order chi connectivity index (χ0) is 15.2. The van der Waals surface area contributed by atoms with E-state index in [2.05, 4.69) is 17.3 Å². The summed E-state index contributed by atoms with van der Waals surface area (Å²) in [6, 6.07) is 9.51. The Balaban J connectivity index is 2.37. The number of aromatic nitrogens is 2. The first-order valence-corrected chi connectivity index (χ1v) is 7.08. The van der Waals surface area contributed by atoms with Gasteiger partial charge in [-0.3, -0.25) is 4.79 Å². The first-order chi connectivity index (χ1) is 10.2. The van der Waals surface area contributed by atoms with E-state index >= 15 is 0 Å². The van der Waals surface area contributed by atoms with E-state index in [0.717, 1.165) is 35.5 Å². The first kappa shape index (κ1) is 15.3. The number of methoxy groups -OCH3 is 1. The minimum atomic E-state index is -0.0646. The Morgan fingerprint density at radius 1 is 1.33 bits per heavy atom. The molecule has 1 heterocycles. The number of nitrogens with zero attached hydrogens (tertiary/aromatic N) is 2. The molecule has 0 atom stereocenters.